The summed E-state index contributed by atoms with van der Waals surface area (Å²) >= 11 is 0. The quantitative estimate of drug-likeness (QED) is 0.734. The predicted molar refractivity (Wildman–Crippen MR) is 52.8 cm³/mol. The van der Waals surface area contributed by atoms with E-state index in [0.717, 1.165) is 12.2 Å². The normalized spacial score (nSPS) is 10.2. The van der Waals surface area contributed by atoms with Gasteiger partial charge in [-0.05, 0) is 0 Å². The molecule has 0 saturated heterocycles. The minimum absolute atomic E-state index is 0.481. The highest BCUT2D eigenvalue weighted by Gasteiger charge is 1.98. The van der Waals surface area contributed by atoms with Crippen LogP contribution in [0.2, 0.25) is 0 Å². The Morgan fingerprint density at radius 2 is 2.27 bits per heavy atom. The molecule has 0 atom stereocenters. The van der Waals surface area contributed by atoms with Gasteiger partial charge in [0, 0.05) is 31.4 Å². The zero-order chi connectivity index (χ0) is 10.5. The average Bonchev–Trinajstić information content (AvgIpc) is 2.71. The fourth-order valence-electron chi connectivity index (χ4n) is 1.17. The molecule has 15 heavy (non-hydrogen) atoms. The van der Waals surface area contributed by atoms with E-state index in [2.05, 4.69) is 25.3 Å². The molecule has 5 nitrogen and oxygen atoms in total. The number of halogens is 1. The van der Waals surface area contributed by atoms with E-state index in [0.29, 0.717) is 12.4 Å². The Labute approximate surface area is 85.8 Å². The third kappa shape index (κ3) is 2.73. The molecule has 0 spiro atoms. The van der Waals surface area contributed by atoms with E-state index in [1.165, 1.54) is 12.4 Å². The van der Waals surface area contributed by atoms with Crippen molar-refractivity contribution < 1.29 is 4.39 Å². The van der Waals surface area contributed by atoms with E-state index < -0.39 is 5.95 Å². The van der Waals surface area contributed by atoms with E-state index in [1.807, 2.05) is 0 Å². The van der Waals surface area contributed by atoms with Crippen LogP contribution in [0.4, 0.5) is 10.2 Å². The Hall–Kier alpha value is -1.98. The summed E-state index contributed by atoms with van der Waals surface area (Å²) in [6.45, 7) is 0.643. The van der Waals surface area contributed by atoms with Gasteiger partial charge in [-0.1, -0.05) is 0 Å². The highest BCUT2D eigenvalue weighted by Crippen LogP contribution is 2.02. The summed E-state index contributed by atoms with van der Waals surface area (Å²) in [6, 6.07) is 1.25. The first-order chi connectivity index (χ1) is 7.34. The molecule has 0 amide bonds. The van der Waals surface area contributed by atoms with Crippen LogP contribution < -0.4 is 5.32 Å². The molecule has 0 aliphatic rings. The molecule has 0 bridgehead atoms. The lowest BCUT2D eigenvalue weighted by atomic mass is 10.4. The molecule has 2 heterocycles. The first-order valence-corrected chi connectivity index (χ1v) is 4.54. The third-order valence-electron chi connectivity index (χ3n) is 1.86. The molecule has 78 valence electrons. The van der Waals surface area contributed by atoms with E-state index in [1.54, 1.807) is 12.4 Å². The fourth-order valence-corrected chi connectivity index (χ4v) is 1.17. The SMILES string of the molecule is Fc1cc(NCCc2ncc[nH]2)ncn1. The fraction of sp³-hybridized carbons (Fsp3) is 0.222. The Morgan fingerprint density at radius 3 is 3.00 bits per heavy atom. The number of imidazole rings is 1. The largest absolute Gasteiger partial charge is 0.369 e. The summed E-state index contributed by atoms with van der Waals surface area (Å²) in [6.07, 6.45) is 5.38. The number of nitrogens with zero attached hydrogens (tertiary/aromatic N) is 3. The van der Waals surface area contributed by atoms with Gasteiger partial charge >= 0.3 is 0 Å². The van der Waals surface area contributed by atoms with Gasteiger partial charge < -0.3 is 10.3 Å². The predicted octanol–water partition coefficient (Wildman–Crippen LogP) is 0.993. The number of aromatic nitrogens is 4. The minimum atomic E-state index is -0.537. The lowest BCUT2D eigenvalue weighted by Crippen LogP contribution is -2.07. The van der Waals surface area contributed by atoms with Crippen molar-refractivity contribution >= 4 is 5.82 Å². The number of nitrogens with one attached hydrogen (secondary N) is 2. The monoisotopic (exact) mass is 207 g/mol. The second kappa shape index (κ2) is 4.50. The summed E-state index contributed by atoms with van der Waals surface area (Å²) in [5.41, 5.74) is 0. The van der Waals surface area contributed by atoms with Crippen molar-refractivity contribution in [2.45, 2.75) is 6.42 Å². The number of rotatable bonds is 4. The van der Waals surface area contributed by atoms with Crippen LogP contribution in [0, 0.1) is 5.95 Å². The highest BCUT2D eigenvalue weighted by atomic mass is 19.1. The van der Waals surface area contributed by atoms with Gasteiger partial charge in [0.25, 0.3) is 0 Å². The first-order valence-electron chi connectivity index (χ1n) is 4.54. The molecule has 0 fully saturated rings. The highest BCUT2D eigenvalue weighted by molar-refractivity contribution is 5.31. The van der Waals surface area contributed by atoms with Gasteiger partial charge in [-0.25, -0.2) is 15.0 Å². The van der Waals surface area contributed by atoms with Crippen molar-refractivity contribution in [3.05, 3.63) is 36.6 Å². The smallest absolute Gasteiger partial charge is 0.217 e. The van der Waals surface area contributed by atoms with Crippen LogP contribution in [0.1, 0.15) is 5.82 Å². The van der Waals surface area contributed by atoms with Crippen LogP contribution in [0.3, 0.4) is 0 Å². The molecule has 2 N–H and O–H groups in total. The van der Waals surface area contributed by atoms with Gasteiger partial charge in [-0.2, -0.15) is 4.39 Å². The summed E-state index contributed by atoms with van der Waals surface area (Å²) in [4.78, 5) is 14.3. The maximum atomic E-state index is 12.7. The van der Waals surface area contributed by atoms with Gasteiger partial charge in [0.2, 0.25) is 5.95 Å². The summed E-state index contributed by atoms with van der Waals surface area (Å²) in [5, 5.41) is 2.97. The Morgan fingerprint density at radius 1 is 1.33 bits per heavy atom. The number of H-pyrrole nitrogens is 1. The van der Waals surface area contributed by atoms with Crippen LogP contribution in [-0.2, 0) is 6.42 Å². The van der Waals surface area contributed by atoms with Crippen molar-refractivity contribution in [3.8, 4) is 0 Å². The van der Waals surface area contributed by atoms with E-state index in [4.69, 9.17) is 0 Å². The van der Waals surface area contributed by atoms with Crippen molar-refractivity contribution in [2.75, 3.05) is 11.9 Å². The van der Waals surface area contributed by atoms with Crippen LogP contribution in [0.15, 0.2) is 24.8 Å². The number of hydrogen-bond donors (Lipinski definition) is 2. The lowest BCUT2D eigenvalue weighted by molar-refractivity contribution is 0.580. The van der Waals surface area contributed by atoms with Crippen LogP contribution >= 0.6 is 0 Å². The maximum absolute atomic E-state index is 12.7. The molecule has 0 saturated carbocycles. The zero-order valence-corrected chi connectivity index (χ0v) is 7.94. The van der Waals surface area contributed by atoms with Crippen molar-refractivity contribution in [1.29, 1.82) is 0 Å². The maximum Gasteiger partial charge on any atom is 0.217 e. The van der Waals surface area contributed by atoms with Gasteiger partial charge in [-0.15, -0.1) is 0 Å². The molecule has 0 aromatic carbocycles. The second-order valence-corrected chi connectivity index (χ2v) is 2.94. The number of anilines is 1. The molecule has 2 rings (SSSR count). The Kier molecular flexibility index (Phi) is 2.87. The van der Waals surface area contributed by atoms with Gasteiger partial charge in [0.05, 0.1) is 0 Å². The molecule has 2 aromatic heterocycles. The molecule has 0 radical (unpaired) electrons. The molecule has 0 unspecified atom stereocenters. The first kappa shape index (κ1) is 9.57. The zero-order valence-electron chi connectivity index (χ0n) is 7.94. The second-order valence-electron chi connectivity index (χ2n) is 2.94. The summed E-state index contributed by atoms with van der Waals surface area (Å²) in [7, 11) is 0. The molecular weight excluding hydrogens is 197 g/mol. The summed E-state index contributed by atoms with van der Waals surface area (Å²) < 4.78 is 12.7. The third-order valence-corrected chi connectivity index (χ3v) is 1.86. The van der Waals surface area contributed by atoms with Crippen LogP contribution in [-0.4, -0.2) is 26.5 Å². The van der Waals surface area contributed by atoms with Crippen molar-refractivity contribution in [2.24, 2.45) is 0 Å². The Balaban J connectivity index is 1.83. The lowest BCUT2D eigenvalue weighted by Gasteiger charge is -2.02. The molecular formula is C9H10FN5. The van der Waals surface area contributed by atoms with Crippen molar-refractivity contribution in [3.63, 3.8) is 0 Å². The van der Waals surface area contributed by atoms with E-state index >= 15 is 0 Å². The van der Waals surface area contributed by atoms with Gasteiger partial charge in [0.15, 0.2) is 0 Å². The van der Waals surface area contributed by atoms with Crippen LogP contribution in [0.25, 0.3) is 0 Å². The number of hydrogen-bond acceptors (Lipinski definition) is 4. The number of aromatic amines is 1. The topological polar surface area (TPSA) is 66.5 Å². The molecule has 0 aliphatic carbocycles. The van der Waals surface area contributed by atoms with Crippen molar-refractivity contribution in [1.82, 2.24) is 19.9 Å². The van der Waals surface area contributed by atoms with E-state index in [-0.39, 0.29) is 0 Å². The molecule has 2 aromatic rings. The van der Waals surface area contributed by atoms with Gasteiger partial charge in [-0.3, -0.25) is 0 Å². The molecule has 6 heteroatoms. The van der Waals surface area contributed by atoms with Crippen LogP contribution in [0.5, 0.6) is 0 Å². The van der Waals surface area contributed by atoms with Gasteiger partial charge in [0.1, 0.15) is 18.0 Å². The molecule has 0 aliphatic heterocycles. The summed E-state index contributed by atoms with van der Waals surface area (Å²) in [5.74, 6) is 0.830. The van der Waals surface area contributed by atoms with E-state index in [9.17, 15) is 4.39 Å². The Bertz CT molecular complexity index is 414. The minimum Gasteiger partial charge on any atom is -0.369 e. The standard InChI is InChI=1S/C9H10FN5/c10-7-5-9(15-6-14-7)11-2-1-8-12-3-4-13-8/h3-6H,1-2H2,(H,12,13)(H,11,14,15). The average molecular weight is 207 g/mol.